The van der Waals surface area contributed by atoms with Crippen molar-refractivity contribution in [3.63, 3.8) is 0 Å². The number of rotatable bonds is 5. The number of carbonyl (C=O) groups is 1. The van der Waals surface area contributed by atoms with Crippen molar-refractivity contribution in [2.75, 3.05) is 5.32 Å². The summed E-state index contributed by atoms with van der Waals surface area (Å²) in [7, 11) is 0. The van der Waals surface area contributed by atoms with Gasteiger partial charge >= 0.3 is 0 Å². The molecule has 2 heterocycles. The summed E-state index contributed by atoms with van der Waals surface area (Å²) < 4.78 is 19.8. The molecular weight excluding hydrogens is 379 g/mol. The Morgan fingerprint density at radius 3 is 2.45 bits per heavy atom. The highest BCUT2D eigenvalue weighted by molar-refractivity contribution is 6.04. The third-order valence-electron chi connectivity index (χ3n) is 4.12. The number of carbonyl (C=O) groups excluding carboxylic acids is 1. The van der Waals surface area contributed by atoms with Crippen molar-refractivity contribution in [1.29, 1.82) is 0 Å². The Bertz CT molecular complexity index is 1170. The molecule has 8 nitrogen and oxygen atoms in total. The Morgan fingerprint density at radius 1 is 1.10 bits per heavy atom. The quantitative estimate of drug-likeness (QED) is 0.400. The van der Waals surface area contributed by atoms with Gasteiger partial charge in [0.1, 0.15) is 17.2 Å². The van der Waals surface area contributed by atoms with E-state index in [0.29, 0.717) is 22.8 Å². The van der Waals surface area contributed by atoms with E-state index in [1.807, 2.05) is 0 Å². The number of nitro groups is 1. The molecule has 9 heteroatoms. The summed E-state index contributed by atoms with van der Waals surface area (Å²) >= 11 is 0. The summed E-state index contributed by atoms with van der Waals surface area (Å²) in [5.41, 5.74) is 1.38. The number of nitro benzene ring substituents is 1. The van der Waals surface area contributed by atoms with Gasteiger partial charge in [0.05, 0.1) is 16.9 Å². The standard InChI is InChI=1S/C20H13FN4O4/c21-13-3-5-14(6-4-13)22-20(26)18-12-17(19-2-1-11-29-19)23-24(18)15-7-9-16(10-8-15)25(27)28/h1-12H,(H,22,26). The molecule has 0 unspecified atom stereocenters. The second-order valence-corrected chi connectivity index (χ2v) is 6.04. The lowest BCUT2D eigenvalue weighted by molar-refractivity contribution is -0.384. The number of halogens is 1. The number of hydrogen-bond donors (Lipinski definition) is 1. The zero-order chi connectivity index (χ0) is 20.4. The average Bonchev–Trinajstić information content (AvgIpc) is 3.39. The molecule has 0 saturated carbocycles. The van der Waals surface area contributed by atoms with Crippen molar-refractivity contribution in [2.45, 2.75) is 0 Å². The van der Waals surface area contributed by atoms with Crippen molar-refractivity contribution in [1.82, 2.24) is 9.78 Å². The fraction of sp³-hybridized carbons (Fsp3) is 0. The minimum Gasteiger partial charge on any atom is -0.463 e. The van der Waals surface area contributed by atoms with E-state index in [1.54, 1.807) is 18.2 Å². The molecule has 2 aromatic heterocycles. The molecule has 1 amide bonds. The topological polar surface area (TPSA) is 103 Å². The average molecular weight is 392 g/mol. The van der Waals surface area contributed by atoms with E-state index < -0.39 is 16.6 Å². The zero-order valence-electron chi connectivity index (χ0n) is 14.8. The van der Waals surface area contributed by atoms with E-state index in [1.165, 1.54) is 59.5 Å². The van der Waals surface area contributed by atoms with E-state index in [4.69, 9.17) is 4.42 Å². The highest BCUT2D eigenvalue weighted by Gasteiger charge is 2.19. The summed E-state index contributed by atoms with van der Waals surface area (Å²) in [6.07, 6.45) is 1.48. The Hall–Kier alpha value is -4.27. The van der Waals surface area contributed by atoms with Crippen molar-refractivity contribution in [3.05, 3.63) is 94.6 Å². The van der Waals surface area contributed by atoms with Crippen LogP contribution in [-0.2, 0) is 0 Å². The number of benzene rings is 2. The number of non-ortho nitro benzene ring substituents is 1. The molecule has 0 fully saturated rings. The molecule has 0 saturated heterocycles. The number of nitrogens with zero attached hydrogens (tertiary/aromatic N) is 3. The molecule has 0 aliphatic rings. The fourth-order valence-corrected chi connectivity index (χ4v) is 2.73. The first-order valence-corrected chi connectivity index (χ1v) is 8.47. The summed E-state index contributed by atoms with van der Waals surface area (Å²) in [4.78, 5) is 23.2. The highest BCUT2D eigenvalue weighted by atomic mass is 19.1. The summed E-state index contributed by atoms with van der Waals surface area (Å²) in [6, 6.07) is 15.9. The molecule has 1 N–H and O–H groups in total. The van der Waals surface area contributed by atoms with Crippen molar-refractivity contribution >= 4 is 17.3 Å². The van der Waals surface area contributed by atoms with Gasteiger partial charge in [0, 0.05) is 23.9 Å². The van der Waals surface area contributed by atoms with Gasteiger partial charge in [-0.25, -0.2) is 9.07 Å². The second-order valence-electron chi connectivity index (χ2n) is 6.04. The molecule has 29 heavy (non-hydrogen) atoms. The molecule has 0 spiro atoms. The number of furan rings is 1. The Balaban J connectivity index is 1.73. The van der Waals surface area contributed by atoms with Crippen molar-refractivity contribution < 1.29 is 18.5 Å². The maximum Gasteiger partial charge on any atom is 0.274 e. The van der Waals surface area contributed by atoms with Gasteiger partial charge in [0.25, 0.3) is 11.6 Å². The van der Waals surface area contributed by atoms with E-state index in [9.17, 15) is 19.3 Å². The molecule has 0 aliphatic carbocycles. The zero-order valence-corrected chi connectivity index (χ0v) is 14.8. The van der Waals surface area contributed by atoms with Crippen LogP contribution < -0.4 is 5.32 Å². The molecular formula is C20H13FN4O4. The molecule has 0 aliphatic heterocycles. The van der Waals surface area contributed by atoms with E-state index >= 15 is 0 Å². The highest BCUT2D eigenvalue weighted by Crippen LogP contribution is 2.24. The van der Waals surface area contributed by atoms with Crippen LogP contribution in [0.15, 0.2) is 77.4 Å². The Labute approximate surface area is 163 Å². The van der Waals surface area contributed by atoms with Gasteiger partial charge in [0.15, 0.2) is 5.76 Å². The fourth-order valence-electron chi connectivity index (χ4n) is 2.73. The summed E-state index contributed by atoms with van der Waals surface area (Å²) in [5.74, 6) is -0.444. The predicted octanol–water partition coefficient (Wildman–Crippen LogP) is 4.43. The molecule has 0 radical (unpaired) electrons. The van der Waals surface area contributed by atoms with Crippen LogP contribution in [0.5, 0.6) is 0 Å². The Kier molecular flexibility index (Phi) is 4.62. The number of aromatic nitrogens is 2. The van der Waals surface area contributed by atoms with Gasteiger partial charge in [0.2, 0.25) is 0 Å². The Morgan fingerprint density at radius 2 is 1.83 bits per heavy atom. The third-order valence-corrected chi connectivity index (χ3v) is 4.12. The maximum absolute atomic E-state index is 13.1. The van der Waals surface area contributed by atoms with Crippen LogP contribution in [-0.4, -0.2) is 20.6 Å². The van der Waals surface area contributed by atoms with Crippen LogP contribution in [0.2, 0.25) is 0 Å². The first-order valence-electron chi connectivity index (χ1n) is 8.47. The molecule has 4 aromatic rings. The molecule has 2 aromatic carbocycles. The summed E-state index contributed by atoms with van der Waals surface area (Å²) in [5, 5.41) is 18.0. The SMILES string of the molecule is O=C(Nc1ccc(F)cc1)c1cc(-c2ccco2)nn1-c1ccc([N+](=O)[O-])cc1. The van der Waals surface area contributed by atoms with Crippen LogP contribution in [0, 0.1) is 15.9 Å². The third kappa shape index (κ3) is 3.74. The largest absolute Gasteiger partial charge is 0.463 e. The molecule has 0 bridgehead atoms. The first-order chi connectivity index (χ1) is 14.0. The molecule has 144 valence electrons. The number of nitrogens with one attached hydrogen (secondary N) is 1. The van der Waals surface area contributed by atoms with Gasteiger partial charge in [-0.3, -0.25) is 14.9 Å². The second kappa shape index (κ2) is 7.39. The van der Waals surface area contributed by atoms with E-state index in [0.717, 1.165) is 0 Å². The van der Waals surface area contributed by atoms with Crippen molar-refractivity contribution in [2.24, 2.45) is 0 Å². The van der Waals surface area contributed by atoms with Gasteiger partial charge in [-0.15, -0.1) is 0 Å². The minimum atomic E-state index is -0.511. The number of anilines is 1. The lowest BCUT2D eigenvalue weighted by atomic mass is 10.2. The van der Waals surface area contributed by atoms with E-state index in [-0.39, 0.29) is 11.4 Å². The van der Waals surface area contributed by atoms with Gasteiger partial charge in [-0.2, -0.15) is 5.10 Å². The van der Waals surface area contributed by atoms with Crippen LogP contribution in [0.4, 0.5) is 15.8 Å². The lowest BCUT2D eigenvalue weighted by Gasteiger charge is -2.08. The molecule has 0 atom stereocenters. The maximum atomic E-state index is 13.1. The normalized spacial score (nSPS) is 10.7. The minimum absolute atomic E-state index is 0.0792. The van der Waals surface area contributed by atoms with Crippen LogP contribution in [0.25, 0.3) is 17.1 Å². The predicted molar refractivity (Wildman–Crippen MR) is 102 cm³/mol. The van der Waals surface area contributed by atoms with Crippen LogP contribution in [0.3, 0.4) is 0 Å². The van der Waals surface area contributed by atoms with Crippen LogP contribution in [0.1, 0.15) is 10.5 Å². The monoisotopic (exact) mass is 392 g/mol. The number of hydrogen-bond acceptors (Lipinski definition) is 5. The lowest BCUT2D eigenvalue weighted by Crippen LogP contribution is -2.17. The first kappa shape index (κ1) is 18.1. The number of amides is 1. The smallest absolute Gasteiger partial charge is 0.274 e. The van der Waals surface area contributed by atoms with Gasteiger partial charge in [-0.1, -0.05) is 0 Å². The van der Waals surface area contributed by atoms with Crippen LogP contribution >= 0.6 is 0 Å². The summed E-state index contributed by atoms with van der Waals surface area (Å²) in [6.45, 7) is 0. The molecule has 4 rings (SSSR count). The van der Waals surface area contributed by atoms with Crippen molar-refractivity contribution in [3.8, 4) is 17.1 Å². The van der Waals surface area contributed by atoms with Gasteiger partial charge < -0.3 is 9.73 Å². The van der Waals surface area contributed by atoms with Gasteiger partial charge in [-0.05, 0) is 48.5 Å². The van der Waals surface area contributed by atoms with E-state index in [2.05, 4.69) is 10.4 Å².